The normalized spacial score (nSPS) is 13.9. The Morgan fingerprint density at radius 2 is 1.88 bits per heavy atom. The summed E-state index contributed by atoms with van der Waals surface area (Å²) in [6.07, 6.45) is 0. The van der Waals surface area contributed by atoms with Gasteiger partial charge in [-0.25, -0.2) is 4.79 Å². The smallest absolute Gasteiger partial charge is 0.337 e. The quantitative estimate of drug-likeness (QED) is 0.870. The molecule has 1 aliphatic heterocycles. The maximum absolute atomic E-state index is 12.8. The van der Waals surface area contributed by atoms with E-state index in [1.807, 2.05) is 32.0 Å². The van der Waals surface area contributed by atoms with Crippen LogP contribution in [-0.4, -0.2) is 38.2 Å². The van der Waals surface area contributed by atoms with Gasteiger partial charge in [-0.1, -0.05) is 24.3 Å². The molecule has 2 aromatic carbocycles. The second-order valence-corrected chi connectivity index (χ2v) is 6.21. The molecule has 1 heterocycles. The fraction of sp³-hybridized carbons (Fsp3) is 0.300. The number of esters is 1. The van der Waals surface area contributed by atoms with Crippen molar-refractivity contribution in [1.82, 2.24) is 5.32 Å². The lowest BCUT2D eigenvalue weighted by atomic mass is 9.92. The minimum atomic E-state index is -0.464. The molecule has 0 spiro atoms. The number of carbonyl (C=O) groups excluding carboxylic acids is 2. The highest BCUT2D eigenvalue weighted by Gasteiger charge is 2.24. The third-order valence-corrected chi connectivity index (χ3v) is 4.55. The Balaban J connectivity index is 2.08. The third-order valence-electron chi connectivity index (χ3n) is 4.55. The van der Waals surface area contributed by atoms with Crippen LogP contribution in [0.25, 0.3) is 11.1 Å². The predicted octanol–water partition coefficient (Wildman–Crippen LogP) is 2.89. The van der Waals surface area contributed by atoms with Crippen molar-refractivity contribution in [3.63, 3.8) is 0 Å². The van der Waals surface area contributed by atoms with Crippen molar-refractivity contribution < 1.29 is 19.1 Å². The molecule has 5 heteroatoms. The Morgan fingerprint density at radius 1 is 1.12 bits per heavy atom. The number of aryl methyl sites for hydroxylation is 1. The molecule has 3 rings (SSSR count). The van der Waals surface area contributed by atoms with Gasteiger partial charge in [0.15, 0.2) is 0 Å². The number of carbonyl (C=O) groups is 2. The van der Waals surface area contributed by atoms with Gasteiger partial charge in [-0.15, -0.1) is 0 Å². The number of methoxy groups -OCH3 is 1. The fourth-order valence-electron chi connectivity index (χ4n) is 2.84. The van der Waals surface area contributed by atoms with Gasteiger partial charge >= 0.3 is 5.97 Å². The first-order chi connectivity index (χ1) is 12.0. The van der Waals surface area contributed by atoms with E-state index in [4.69, 9.17) is 9.47 Å². The van der Waals surface area contributed by atoms with Gasteiger partial charge in [-0.2, -0.15) is 0 Å². The van der Waals surface area contributed by atoms with Gasteiger partial charge < -0.3 is 14.8 Å². The van der Waals surface area contributed by atoms with E-state index in [0.29, 0.717) is 24.3 Å². The lowest BCUT2D eigenvalue weighted by molar-refractivity contribution is -0.00345. The van der Waals surface area contributed by atoms with Gasteiger partial charge in [0.25, 0.3) is 5.91 Å². The summed E-state index contributed by atoms with van der Waals surface area (Å²) in [5.41, 5.74) is 4.84. The van der Waals surface area contributed by atoms with Crippen molar-refractivity contribution in [2.75, 3.05) is 20.3 Å². The van der Waals surface area contributed by atoms with Gasteiger partial charge in [0, 0.05) is 5.56 Å². The molecule has 0 aliphatic carbocycles. The zero-order valence-corrected chi connectivity index (χ0v) is 14.6. The first-order valence-corrected chi connectivity index (χ1v) is 8.19. The highest BCUT2D eigenvalue weighted by atomic mass is 16.5. The van der Waals surface area contributed by atoms with Crippen LogP contribution in [0.15, 0.2) is 36.4 Å². The monoisotopic (exact) mass is 339 g/mol. The van der Waals surface area contributed by atoms with Gasteiger partial charge in [0.05, 0.1) is 31.9 Å². The first-order valence-electron chi connectivity index (χ1n) is 8.19. The highest BCUT2D eigenvalue weighted by molar-refractivity contribution is 6.04. The van der Waals surface area contributed by atoms with Crippen LogP contribution in [0, 0.1) is 13.8 Å². The van der Waals surface area contributed by atoms with Gasteiger partial charge in [0.2, 0.25) is 0 Å². The van der Waals surface area contributed by atoms with E-state index in [2.05, 4.69) is 5.32 Å². The SMILES string of the molecule is COC(=O)c1ccc(-c2cccc(C)c2C)c(C(=O)NC2COC2)c1. The van der Waals surface area contributed by atoms with E-state index in [0.717, 1.165) is 22.3 Å². The van der Waals surface area contributed by atoms with Crippen molar-refractivity contribution in [3.8, 4) is 11.1 Å². The van der Waals surface area contributed by atoms with Crippen LogP contribution in [0.3, 0.4) is 0 Å². The maximum atomic E-state index is 12.8. The minimum absolute atomic E-state index is 0.0146. The van der Waals surface area contributed by atoms with E-state index in [1.165, 1.54) is 7.11 Å². The Morgan fingerprint density at radius 3 is 2.52 bits per heavy atom. The van der Waals surface area contributed by atoms with Crippen LogP contribution in [0.5, 0.6) is 0 Å². The van der Waals surface area contributed by atoms with Crippen LogP contribution in [0.1, 0.15) is 31.8 Å². The van der Waals surface area contributed by atoms with Crippen LogP contribution in [-0.2, 0) is 9.47 Å². The molecule has 0 unspecified atom stereocenters. The van der Waals surface area contributed by atoms with E-state index in [9.17, 15) is 9.59 Å². The van der Waals surface area contributed by atoms with E-state index < -0.39 is 5.97 Å². The number of nitrogens with one attached hydrogen (secondary N) is 1. The molecular weight excluding hydrogens is 318 g/mol. The topological polar surface area (TPSA) is 64.6 Å². The summed E-state index contributed by atoms with van der Waals surface area (Å²) < 4.78 is 9.89. The molecule has 1 saturated heterocycles. The first kappa shape index (κ1) is 17.2. The molecule has 130 valence electrons. The lowest BCUT2D eigenvalue weighted by Gasteiger charge is -2.27. The molecule has 2 aromatic rings. The molecule has 25 heavy (non-hydrogen) atoms. The van der Waals surface area contributed by atoms with Crippen LogP contribution >= 0.6 is 0 Å². The van der Waals surface area contributed by atoms with E-state index in [-0.39, 0.29) is 11.9 Å². The molecule has 1 N–H and O–H groups in total. The molecule has 0 aromatic heterocycles. The van der Waals surface area contributed by atoms with E-state index in [1.54, 1.807) is 18.2 Å². The van der Waals surface area contributed by atoms with Crippen molar-refractivity contribution in [3.05, 3.63) is 58.7 Å². The molecule has 1 aliphatic rings. The third kappa shape index (κ3) is 3.42. The Bertz CT molecular complexity index is 824. The minimum Gasteiger partial charge on any atom is -0.465 e. The molecule has 0 saturated carbocycles. The summed E-state index contributed by atoms with van der Waals surface area (Å²) in [5.74, 6) is -0.677. The zero-order valence-electron chi connectivity index (χ0n) is 14.6. The molecule has 0 bridgehead atoms. The van der Waals surface area contributed by atoms with Crippen molar-refractivity contribution >= 4 is 11.9 Å². The summed E-state index contributed by atoms with van der Waals surface area (Å²) in [6.45, 7) is 5.09. The molecular formula is C20H21NO4. The Kier molecular flexibility index (Phi) is 4.86. The molecule has 5 nitrogen and oxygen atoms in total. The number of hydrogen-bond acceptors (Lipinski definition) is 4. The fourth-order valence-corrected chi connectivity index (χ4v) is 2.84. The lowest BCUT2D eigenvalue weighted by Crippen LogP contribution is -2.48. The van der Waals surface area contributed by atoms with Crippen molar-refractivity contribution in [1.29, 1.82) is 0 Å². The van der Waals surface area contributed by atoms with Gasteiger partial charge in [0.1, 0.15) is 0 Å². The number of ether oxygens (including phenoxy) is 2. The number of benzene rings is 2. The number of hydrogen-bond donors (Lipinski definition) is 1. The largest absolute Gasteiger partial charge is 0.465 e. The summed E-state index contributed by atoms with van der Waals surface area (Å²) in [7, 11) is 1.33. The van der Waals surface area contributed by atoms with Crippen molar-refractivity contribution in [2.45, 2.75) is 19.9 Å². The Hall–Kier alpha value is -2.66. The van der Waals surface area contributed by atoms with E-state index >= 15 is 0 Å². The predicted molar refractivity (Wildman–Crippen MR) is 94.8 cm³/mol. The molecule has 1 amide bonds. The Labute approximate surface area is 147 Å². The second-order valence-electron chi connectivity index (χ2n) is 6.21. The second kappa shape index (κ2) is 7.07. The maximum Gasteiger partial charge on any atom is 0.337 e. The van der Waals surface area contributed by atoms with Crippen LogP contribution in [0.2, 0.25) is 0 Å². The summed E-state index contributed by atoms with van der Waals surface area (Å²) in [6, 6.07) is 11.1. The average molecular weight is 339 g/mol. The van der Waals surface area contributed by atoms with Gasteiger partial charge in [-0.3, -0.25) is 4.79 Å². The molecule has 0 radical (unpaired) electrons. The molecule has 0 atom stereocenters. The standard InChI is InChI=1S/C20H21NO4/c1-12-5-4-6-16(13(12)2)17-8-7-14(20(23)24-3)9-18(17)19(22)21-15-10-25-11-15/h4-9,15H,10-11H2,1-3H3,(H,21,22). The summed E-state index contributed by atoms with van der Waals surface area (Å²) in [4.78, 5) is 24.7. The zero-order chi connectivity index (χ0) is 18.0. The summed E-state index contributed by atoms with van der Waals surface area (Å²) in [5, 5.41) is 2.94. The van der Waals surface area contributed by atoms with Crippen LogP contribution < -0.4 is 5.32 Å². The average Bonchev–Trinajstić information content (AvgIpc) is 2.59. The molecule has 1 fully saturated rings. The van der Waals surface area contributed by atoms with Gasteiger partial charge in [-0.05, 0) is 48.2 Å². The van der Waals surface area contributed by atoms with Crippen LogP contribution in [0.4, 0.5) is 0 Å². The number of amides is 1. The number of rotatable bonds is 4. The summed E-state index contributed by atoms with van der Waals surface area (Å²) >= 11 is 0. The van der Waals surface area contributed by atoms with Crippen molar-refractivity contribution in [2.24, 2.45) is 0 Å². The highest BCUT2D eigenvalue weighted by Crippen LogP contribution is 2.30.